The van der Waals surface area contributed by atoms with Gasteiger partial charge in [0, 0.05) is 51.8 Å². The molecule has 0 bridgehead atoms. The summed E-state index contributed by atoms with van der Waals surface area (Å²) in [5.41, 5.74) is -0.550. The van der Waals surface area contributed by atoms with Gasteiger partial charge in [0.05, 0.1) is 13.7 Å². The van der Waals surface area contributed by atoms with Crippen LogP contribution in [0.1, 0.15) is 47.5 Å². The molecule has 1 aliphatic rings. The predicted molar refractivity (Wildman–Crippen MR) is 131 cm³/mol. The lowest BCUT2D eigenvalue weighted by molar-refractivity contribution is 0.0277. The van der Waals surface area contributed by atoms with Crippen molar-refractivity contribution in [2.24, 2.45) is 17.8 Å². The van der Waals surface area contributed by atoms with E-state index in [0.717, 1.165) is 12.8 Å². The number of ether oxygens (including phenoxy) is 5. The highest BCUT2D eigenvalue weighted by molar-refractivity contribution is 5.68. The monoisotopic (exact) mass is 481 g/mol. The van der Waals surface area contributed by atoms with E-state index in [1.54, 1.807) is 19.1 Å². The molecular formula is C26H43NO7. The number of methoxy groups -OCH3 is 2. The summed E-state index contributed by atoms with van der Waals surface area (Å²) in [6.07, 6.45) is 1.07. The first kappa shape index (κ1) is 28.1. The van der Waals surface area contributed by atoms with Crippen molar-refractivity contribution >= 4 is 6.09 Å². The van der Waals surface area contributed by atoms with E-state index in [2.05, 4.69) is 13.8 Å². The van der Waals surface area contributed by atoms with E-state index < -0.39 is 5.60 Å². The highest BCUT2D eigenvalue weighted by Gasteiger charge is 2.38. The van der Waals surface area contributed by atoms with E-state index in [0.29, 0.717) is 43.6 Å². The minimum absolute atomic E-state index is 0.00656. The van der Waals surface area contributed by atoms with Gasteiger partial charge in [-0.2, -0.15) is 0 Å². The molecule has 1 N–H and O–H groups in total. The van der Waals surface area contributed by atoms with Crippen molar-refractivity contribution < 1.29 is 33.6 Å². The average molecular weight is 482 g/mol. The van der Waals surface area contributed by atoms with Crippen LogP contribution in [0, 0.1) is 17.8 Å². The molecule has 1 heterocycles. The second-order valence-corrected chi connectivity index (χ2v) is 10.2. The summed E-state index contributed by atoms with van der Waals surface area (Å²) in [7, 11) is 3.28. The van der Waals surface area contributed by atoms with Crippen LogP contribution >= 0.6 is 0 Å². The summed E-state index contributed by atoms with van der Waals surface area (Å²) in [4.78, 5) is 14.3. The molecule has 8 nitrogen and oxygen atoms in total. The summed E-state index contributed by atoms with van der Waals surface area (Å²) in [6.45, 7) is 12.0. The van der Waals surface area contributed by atoms with Gasteiger partial charge in [-0.25, -0.2) is 4.79 Å². The third-order valence-electron chi connectivity index (χ3n) is 5.91. The molecule has 0 unspecified atom stereocenters. The maximum Gasteiger partial charge on any atom is 0.410 e. The molecule has 1 amide bonds. The second-order valence-electron chi connectivity index (χ2n) is 10.2. The molecule has 1 saturated heterocycles. The van der Waals surface area contributed by atoms with E-state index in [4.69, 9.17) is 23.7 Å². The first-order chi connectivity index (χ1) is 16.1. The molecule has 0 radical (unpaired) electrons. The number of rotatable bonds is 12. The van der Waals surface area contributed by atoms with Crippen LogP contribution < -0.4 is 14.2 Å². The molecule has 1 aliphatic heterocycles. The van der Waals surface area contributed by atoms with Crippen LogP contribution in [-0.4, -0.2) is 74.9 Å². The van der Waals surface area contributed by atoms with E-state index in [-0.39, 0.29) is 36.6 Å². The molecule has 1 aromatic rings. The Hall–Kier alpha value is -2.19. The molecular weight excluding hydrogens is 438 g/mol. The minimum Gasteiger partial charge on any atom is -0.493 e. The molecule has 1 aromatic carbocycles. The topological polar surface area (TPSA) is 86.7 Å². The Morgan fingerprint density at radius 3 is 2.41 bits per heavy atom. The van der Waals surface area contributed by atoms with Crippen molar-refractivity contribution in [2.75, 3.05) is 47.1 Å². The third kappa shape index (κ3) is 8.55. The van der Waals surface area contributed by atoms with Crippen LogP contribution in [0.2, 0.25) is 0 Å². The highest BCUT2D eigenvalue weighted by atomic mass is 16.6. The Morgan fingerprint density at radius 1 is 1.12 bits per heavy atom. The molecule has 194 valence electrons. The molecule has 0 aromatic heterocycles. The zero-order valence-corrected chi connectivity index (χ0v) is 21.8. The Bertz CT molecular complexity index is 762. The number of aliphatic hydroxyl groups is 1. The number of likely N-dealkylation sites (tertiary alicyclic amines) is 1. The molecule has 1 fully saturated rings. The highest BCUT2D eigenvalue weighted by Crippen LogP contribution is 2.35. The predicted octanol–water partition coefficient (Wildman–Crippen LogP) is 4.38. The van der Waals surface area contributed by atoms with Crippen molar-refractivity contribution in [2.45, 2.75) is 59.2 Å². The van der Waals surface area contributed by atoms with E-state index in [1.165, 1.54) is 0 Å². The zero-order chi connectivity index (χ0) is 25.3. The summed E-state index contributed by atoms with van der Waals surface area (Å²) < 4.78 is 28.3. The summed E-state index contributed by atoms with van der Waals surface area (Å²) in [5, 5.41) is 9.97. The van der Waals surface area contributed by atoms with Crippen molar-refractivity contribution in [1.82, 2.24) is 4.90 Å². The van der Waals surface area contributed by atoms with Crippen LogP contribution in [-0.2, 0) is 9.47 Å². The maximum atomic E-state index is 12.6. The van der Waals surface area contributed by atoms with Crippen molar-refractivity contribution in [3.8, 4) is 17.2 Å². The van der Waals surface area contributed by atoms with Crippen LogP contribution in [0.25, 0.3) is 0 Å². The normalized spacial score (nSPS) is 19.3. The van der Waals surface area contributed by atoms with Crippen LogP contribution in [0.4, 0.5) is 4.79 Å². The number of nitrogens with zero attached hydrogens (tertiary/aromatic N) is 1. The van der Waals surface area contributed by atoms with E-state index in [9.17, 15) is 9.90 Å². The number of amides is 1. The largest absolute Gasteiger partial charge is 0.493 e. The second kappa shape index (κ2) is 13.0. The molecule has 0 aliphatic carbocycles. The lowest BCUT2D eigenvalue weighted by Crippen LogP contribution is -2.36. The van der Waals surface area contributed by atoms with Gasteiger partial charge in [-0.1, -0.05) is 13.8 Å². The van der Waals surface area contributed by atoms with Gasteiger partial charge in [-0.3, -0.25) is 0 Å². The Labute approximate surface area is 204 Å². The summed E-state index contributed by atoms with van der Waals surface area (Å²) in [5.74, 6) is 2.33. The lowest BCUT2D eigenvalue weighted by Gasteiger charge is -2.28. The van der Waals surface area contributed by atoms with Gasteiger partial charge >= 0.3 is 6.09 Å². The quantitative estimate of drug-likeness (QED) is 0.443. The number of aliphatic hydroxyl groups excluding tert-OH is 1. The third-order valence-corrected chi connectivity index (χ3v) is 5.91. The van der Waals surface area contributed by atoms with Gasteiger partial charge in [0.25, 0.3) is 0 Å². The van der Waals surface area contributed by atoms with Gasteiger partial charge in [-0.15, -0.1) is 0 Å². The van der Waals surface area contributed by atoms with Gasteiger partial charge in [0.15, 0.2) is 11.5 Å². The first-order valence-electron chi connectivity index (χ1n) is 12.1. The summed E-state index contributed by atoms with van der Waals surface area (Å²) in [6, 6.07) is 5.57. The number of hydrogen-bond acceptors (Lipinski definition) is 7. The Kier molecular flexibility index (Phi) is 10.8. The SMILES string of the molecule is COCCCOc1cc(O[C@@H](C[C@@H]2CN(C(=O)OC(C)(C)C)C[C@H]2CO)C(C)C)ccc1OC. The zero-order valence-electron chi connectivity index (χ0n) is 21.8. The fraction of sp³-hybridized carbons (Fsp3) is 0.731. The smallest absolute Gasteiger partial charge is 0.410 e. The van der Waals surface area contributed by atoms with Crippen LogP contribution in [0.5, 0.6) is 17.2 Å². The number of carbonyl (C=O) groups is 1. The van der Waals surface area contributed by atoms with Crippen LogP contribution in [0.15, 0.2) is 18.2 Å². The number of hydrogen-bond donors (Lipinski definition) is 1. The Balaban J connectivity index is 2.08. The van der Waals surface area contributed by atoms with E-state index in [1.807, 2.05) is 39.0 Å². The number of benzene rings is 1. The lowest BCUT2D eigenvalue weighted by atomic mass is 9.88. The minimum atomic E-state index is -0.550. The molecule has 3 atom stereocenters. The fourth-order valence-corrected chi connectivity index (χ4v) is 4.05. The standard InChI is InChI=1S/C26H43NO7/c1-18(2)23(13-19-15-27(16-20(19)17-28)25(29)34-26(3,4)5)33-21-9-10-22(31-7)24(14-21)32-12-8-11-30-6/h9-10,14,18-20,23,28H,8,11-13,15-17H2,1-7H3/t19-,20+,23+/m1/s1. The molecule has 0 spiro atoms. The van der Waals surface area contributed by atoms with Gasteiger partial charge in [0.2, 0.25) is 0 Å². The van der Waals surface area contributed by atoms with Gasteiger partial charge in [0.1, 0.15) is 17.5 Å². The van der Waals surface area contributed by atoms with Crippen molar-refractivity contribution in [1.29, 1.82) is 0 Å². The Morgan fingerprint density at radius 2 is 1.82 bits per heavy atom. The van der Waals surface area contributed by atoms with Gasteiger partial charge < -0.3 is 33.7 Å². The molecule has 0 saturated carbocycles. The fourth-order valence-electron chi connectivity index (χ4n) is 4.05. The number of carbonyl (C=O) groups excluding carboxylic acids is 1. The van der Waals surface area contributed by atoms with Crippen molar-refractivity contribution in [3.63, 3.8) is 0 Å². The van der Waals surface area contributed by atoms with Gasteiger partial charge in [-0.05, 0) is 51.2 Å². The molecule has 8 heteroatoms. The van der Waals surface area contributed by atoms with Crippen molar-refractivity contribution in [3.05, 3.63) is 18.2 Å². The molecule has 34 heavy (non-hydrogen) atoms. The van der Waals surface area contributed by atoms with E-state index >= 15 is 0 Å². The molecule has 2 rings (SSSR count). The summed E-state index contributed by atoms with van der Waals surface area (Å²) >= 11 is 0. The maximum absolute atomic E-state index is 12.6. The average Bonchev–Trinajstić information content (AvgIpc) is 3.18. The van der Waals surface area contributed by atoms with Crippen LogP contribution in [0.3, 0.4) is 0 Å². The first-order valence-corrected chi connectivity index (χ1v) is 12.1.